The van der Waals surface area contributed by atoms with Gasteiger partial charge >= 0.3 is 6.03 Å². The zero-order valence-corrected chi connectivity index (χ0v) is 21.6. The number of fused-ring (bicyclic) bond motifs is 5. The second-order valence-corrected chi connectivity index (χ2v) is 10.5. The van der Waals surface area contributed by atoms with Crippen molar-refractivity contribution < 1.29 is 18.7 Å². The molecule has 2 aromatic carbocycles. The molecule has 1 atom stereocenters. The van der Waals surface area contributed by atoms with Crippen LogP contribution in [-0.4, -0.2) is 29.7 Å². The fraction of sp³-hybridized carbons (Fsp3) is 0.276. The number of carbonyl (C=O) groups is 1. The van der Waals surface area contributed by atoms with Crippen molar-refractivity contribution in [3.63, 3.8) is 0 Å². The largest absolute Gasteiger partial charge is 0.497 e. The van der Waals surface area contributed by atoms with Crippen LogP contribution in [0.15, 0.2) is 60.8 Å². The molecule has 8 heteroatoms. The van der Waals surface area contributed by atoms with E-state index in [9.17, 15) is 9.18 Å². The minimum atomic E-state index is -0.478. The minimum Gasteiger partial charge on any atom is -0.497 e. The van der Waals surface area contributed by atoms with Gasteiger partial charge in [-0.2, -0.15) is 0 Å². The molecule has 0 spiro atoms. The highest BCUT2D eigenvalue weighted by molar-refractivity contribution is 7.15. The molecule has 4 aromatic rings. The van der Waals surface area contributed by atoms with Crippen LogP contribution in [0.2, 0.25) is 0 Å². The van der Waals surface area contributed by atoms with Crippen molar-refractivity contribution in [3.05, 3.63) is 93.9 Å². The molecule has 1 unspecified atom stereocenters. The van der Waals surface area contributed by atoms with Crippen LogP contribution in [0.3, 0.4) is 0 Å². The molecule has 0 radical (unpaired) electrons. The van der Waals surface area contributed by atoms with Gasteiger partial charge in [-0.25, -0.2) is 9.18 Å². The molecule has 0 saturated heterocycles. The number of hydrogen-bond donors (Lipinski definition) is 1. The standard InChI is InChI=1S/C29H28FN3O3S/c1-35-20-12-13-23(25(16-20)36-2)31-29(34)33-17-22-21-9-3-4-11-26(21)37-28(22)32-14-6-10-24(32)27(33)18-7-5-8-19(30)15-18/h5-8,10,12-16,27H,3-4,9,11,17H2,1-2H3,(H,31,34). The maximum atomic E-state index is 14.4. The summed E-state index contributed by atoms with van der Waals surface area (Å²) in [6, 6.07) is 15.1. The van der Waals surface area contributed by atoms with Crippen molar-refractivity contribution in [2.24, 2.45) is 0 Å². The molecule has 6 nitrogen and oxygen atoms in total. The highest BCUT2D eigenvalue weighted by atomic mass is 32.1. The van der Waals surface area contributed by atoms with Crippen molar-refractivity contribution in [3.8, 4) is 16.5 Å². The van der Waals surface area contributed by atoms with E-state index in [0.29, 0.717) is 23.7 Å². The van der Waals surface area contributed by atoms with E-state index < -0.39 is 6.04 Å². The molecule has 2 aromatic heterocycles. The summed E-state index contributed by atoms with van der Waals surface area (Å²) < 4.78 is 27.5. The third-order valence-electron chi connectivity index (χ3n) is 7.25. The van der Waals surface area contributed by atoms with Crippen LogP contribution in [0.25, 0.3) is 5.00 Å². The van der Waals surface area contributed by atoms with Gasteiger partial charge in [0.05, 0.1) is 38.2 Å². The molecule has 0 bridgehead atoms. The summed E-state index contributed by atoms with van der Waals surface area (Å²) >= 11 is 1.82. The molecule has 3 heterocycles. The van der Waals surface area contributed by atoms with Crippen molar-refractivity contribution in [2.75, 3.05) is 19.5 Å². The Hall–Kier alpha value is -3.78. The van der Waals surface area contributed by atoms with Crippen molar-refractivity contribution in [1.29, 1.82) is 0 Å². The number of amides is 2. The van der Waals surface area contributed by atoms with Crippen LogP contribution < -0.4 is 14.8 Å². The number of ether oxygens (including phenoxy) is 2. The Morgan fingerprint density at radius 1 is 1.03 bits per heavy atom. The number of aromatic nitrogens is 1. The lowest BCUT2D eigenvalue weighted by molar-refractivity contribution is 0.194. The van der Waals surface area contributed by atoms with Gasteiger partial charge in [0, 0.05) is 22.7 Å². The Labute approximate surface area is 219 Å². The van der Waals surface area contributed by atoms with E-state index in [-0.39, 0.29) is 11.8 Å². The van der Waals surface area contributed by atoms with E-state index in [1.807, 2.05) is 34.4 Å². The third kappa shape index (κ3) is 4.15. The number of thiophene rings is 1. The Bertz CT molecular complexity index is 1480. The minimum absolute atomic E-state index is 0.283. The number of halogens is 1. The van der Waals surface area contributed by atoms with Crippen LogP contribution in [-0.2, 0) is 19.4 Å². The SMILES string of the molecule is COc1ccc(NC(=O)N2Cc3c(sc4c3CCCC4)-n3cccc3C2c2cccc(F)c2)c(OC)c1. The summed E-state index contributed by atoms with van der Waals surface area (Å²) in [5.41, 5.74) is 4.75. The van der Waals surface area contributed by atoms with Gasteiger partial charge in [-0.1, -0.05) is 12.1 Å². The number of nitrogens with zero attached hydrogens (tertiary/aromatic N) is 2. The molecule has 190 valence electrons. The van der Waals surface area contributed by atoms with Gasteiger partial charge < -0.3 is 24.3 Å². The summed E-state index contributed by atoms with van der Waals surface area (Å²) in [5.74, 6) is 0.806. The van der Waals surface area contributed by atoms with Gasteiger partial charge in [-0.15, -0.1) is 11.3 Å². The second-order valence-electron chi connectivity index (χ2n) is 9.38. The van der Waals surface area contributed by atoms with Crippen LogP contribution >= 0.6 is 11.3 Å². The smallest absolute Gasteiger partial charge is 0.323 e. The van der Waals surface area contributed by atoms with Gasteiger partial charge in [-0.3, -0.25) is 0 Å². The molecule has 2 amide bonds. The number of nitrogens with one attached hydrogen (secondary N) is 1. The molecule has 37 heavy (non-hydrogen) atoms. The number of benzene rings is 2. The Kier molecular flexibility index (Phi) is 6.12. The van der Waals surface area contributed by atoms with Crippen LogP contribution in [0.5, 0.6) is 11.5 Å². The molecule has 6 rings (SSSR count). The first kappa shape index (κ1) is 23.6. The first-order valence-corrected chi connectivity index (χ1v) is 13.2. The predicted molar refractivity (Wildman–Crippen MR) is 143 cm³/mol. The number of hydrogen-bond acceptors (Lipinski definition) is 4. The summed E-state index contributed by atoms with van der Waals surface area (Å²) in [4.78, 5) is 17.3. The average Bonchev–Trinajstić information content (AvgIpc) is 3.50. The molecule has 1 aliphatic heterocycles. The number of rotatable bonds is 4. The fourth-order valence-corrected chi connectivity index (χ4v) is 6.91. The van der Waals surface area contributed by atoms with Crippen molar-refractivity contribution >= 4 is 23.1 Å². The van der Waals surface area contributed by atoms with Gasteiger partial charge in [0.2, 0.25) is 0 Å². The zero-order valence-electron chi connectivity index (χ0n) is 20.8. The monoisotopic (exact) mass is 517 g/mol. The number of methoxy groups -OCH3 is 2. The Morgan fingerprint density at radius 2 is 1.89 bits per heavy atom. The lowest BCUT2D eigenvalue weighted by Crippen LogP contribution is -2.38. The van der Waals surface area contributed by atoms with E-state index in [0.717, 1.165) is 35.5 Å². The molecule has 0 fully saturated rings. The fourth-order valence-electron chi connectivity index (χ4n) is 5.50. The molecular formula is C29H28FN3O3S. The summed E-state index contributed by atoms with van der Waals surface area (Å²) in [6.45, 7) is 0.425. The Balaban J connectivity index is 1.48. The summed E-state index contributed by atoms with van der Waals surface area (Å²) in [7, 11) is 3.14. The number of urea groups is 1. The molecular weight excluding hydrogens is 489 g/mol. The molecule has 0 saturated carbocycles. The highest BCUT2D eigenvalue weighted by Crippen LogP contribution is 2.44. The summed E-state index contributed by atoms with van der Waals surface area (Å²) in [5, 5.41) is 4.22. The van der Waals surface area contributed by atoms with Crippen LogP contribution in [0.4, 0.5) is 14.9 Å². The zero-order chi connectivity index (χ0) is 25.5. The van der Waals surface area contributed by atoms with Gasteiger partial charge in [0.25, 0.3) is 0 Å². The number of carbonyl (C=O) groups excluding carboxylic acids is 1. The average molecular weight is 518 g/mol. The molecule has 1 N–H and O–H groups in total. The van der Waals surface area contributed by atoms with E-state index in [1.165, 1.54) is 34.6 Å². The quantitative estimate of drug-likeness (QED) is 0.327. The second kappa shape index (κ2) is 9.59. The first-order chi connectivity index (χ1) is 18.1. The van der Waals surface area contributed by atoms with Gasteiger partial charge in [-0.05, 0) is 73.2 Å². The van der Waals surface area contributed by atoms with E-state index in [4.69, 9.17) is 9.47 Å². The predicted octanol–water partition coefficient (Wildman–Crippen LogP) is 6.71. The topological polar surface area (TPSA) is 55.7 Å². The first-order valence-electron chi connectivity index (χ1n) is 12.4. The Morgan fingerprint density at radius 3 is 2.70 bits per heavy atom. The highest BCUT2D eigenvalue weighted by Gasteiger charge is 2.36. The van der Waals surface area contributed by atoms with E-state index in [2.05, 4.69) is 16.1 Å². The van der Waals surface area contributed by atoms with Crippen LogP contribution in [0.1, 0.15) is 46.1 Å². The number of aryl methyl sites for hydroxylation is 1. The molecule has 1 aliphatic carbocycles. The normalized spacial score (nSPS) is 16.3. The van der Waals surface area contributed by atoms with Crippen molar-refractivity contribution in [1.82, 2.24) is 9.47 Å². The maximum Gasteiger partial charge on any atom is 0.323 e. The van der Waals surface area contributed by atoms with Gasteiger partial charge in [0.15, 0.2) is 0 Å². The lowest BCUT2D eigenvalue weighted by atomic mass is 9.95. The van der Waals surface area contributed by atoms with E-state index >= 15 is 0 Å². The molecule has 2 aliphatic rings. The maximum absolute atomic E-state index is 14.4. The third-order valence-corrected chi connectivity index (χ3v) is 8.59. The van der Waals surface area contributed by atoms with E-state index in [1.54, 1.807) is 38.5 Å². The number of anilines is 1. The lowest BCUT2D eigenvalue weighted by Gasteiger charge is -2.31. The van der Waals surface area contributed by atoms with Crippen molar-refractivity contribution in [2.45, 2.75) is 38.3 Å². The van der Waals surface area contributed by atoms with Gasteiger partial charge in [0.1, 0.15) is 22.3 Å². The van der Waals surface area contributed by atoms with Crippen LogP contribution in [0, 0.1) is 5.82 Å². The summed E-state index contributed by atoms with van der Waals surface area (Å²) in [6.07, 6.45) is 6.49.